The molecule has 0 N–H and O–H groups in total. The van der Waals surface area contributed by atoms with Crippen molar-refractivity contribution < 1.29 is 9.72 Å². The zero-order chi connectivity index (χ0) is 13.5. The fraction of sp³-hybridized carbons (Fsp3) is 0.462. The number of Topliss-reactive ketones (excluding diaryl/α,β-unsaturated/α-hetero) is 1. The lowest BCUT2D eigenvalue weighted by molar-refractivity contribution is -0.385. The van der Waals surface area contributed by atoms with Gasteiger partial charge in [-0.2, -0.15) is 0 Å². The predicted octanol–water partition coefficient (Wildman–Crippen LogP) is 4.08. The summed E-state index contributed by atoms with van der Waals surface area (Å²) in [6, 6.07) is 4.75. The van der Waals surface area contributed by atoms with Gasteiger partial charge in [-0.05, 0) is 31.2 Å². The molecule has 0 aliphatic carbocycles. The van der Waals surface area contributed by atoms with E-state index >= 15 is 0 Å². The third-order valence-corrected chi connectivity index (χ3v) is 3.64. The quantitative estimate of drug-likeness (QED) is 0.245. The van der Waals surface area contributed by atoms with Gasteiger partial charge in [0.15, 0.2) is 5.78 Å². The van der Waals surface area contributed by atoms with Crippen LogP contribution >= 0.6 is 11.8 Å². The number of rotatable bonds is 7. The number of nitro groups is 1. The van der Waals surface area contributed by atoms with Gasteiger partial charge in [0.05, 0.1) is 10.5 Å². The first-order valence-corrected chi connectivity index (χ1v) is 6.97. The lowest BCUT2D eigenvalue weighted by Crippen LogP contribution is -2.00. The molecule has 0 fully saturated rings. The maximum atomic E-state index is 11.4. The van der Waals surface area contributed by atoms with Crippen molar-refractivity contribution in [2.45, 2.75) is 38.0 Å². The van der Waals surface area contributed by atoms with Crippen LogP contribution in [0.3, 0.4) is 0 Å². The summed E-state index contributed by atoms with van der Waals surface area (Å²) >= 11 is 1.64. The normalized spacial score (nSPS) is 10.3. The molecule has 18 heavy (non-hydrogen) atoms. The Morgan fingerprint density at radius 2 is 2.11 bits per heavy atom. The molecule has 0 atom stereocenters. The Balaban J connectivity index is 2.80. The van der Waals surface area contributed by atoms with E-state index in [-0.39, 0.29) is 17.0 Å². The van der Waals surface area contributed by atoms with Crippen molar-refractivity contribution in [3.05, 3.63) is 33.9 Å². The Bertz CT molecular complexity index is 446. The highest BCUT2D eigenvalue weighted by molar-refractivity contribution is 7.99. The van der Waals surface area contributed by atoms with Crippen LogP contribution in [0.4, 0.5) is 5.69 Å². The Kier molecular flexibility index (Phi) is 5.85. The molecule has 0 spiro atoms. The number of unbranched alkanes of at least 4 members (excludes halogenated alkanes) is 2. The number of hydrogen-bond donors (Lipinski definition) is 0. The number of carbonyl (C=O) groups excluding carboxylic acids is 1. The molecular formula is C13H17NO3S. The Morgan fingerprint density at radius 1 is 1.39 bits per heavy atom. The maximum absolute atomic E-state index is 11.4. The first kappa shape index (κ1) is 14.7. The van der Waals surface area contributed by atoms with Gasteiger partial charge in [-0.25, -0.2) is 0 Å². The molecule has 0 radical (unpaired) electrons. The first-order valence-electron chi connectivity index (χ1n) is 5.98. The smallest absolute Gasteiger partial charge is 0.280 e. The second-order valence-corrected chi connectivity index (χ2v) is 5.22. The summed E-state index contributed by atoms with van der Waals surface area (Å²) < 4.78 is 0. The van der Waals surface area contributed by atoms with E-state index in [0.717, 1.165) is 17.1 Å². The number of benzene rings is 1. The van der Waals surface area contributed by atoms with E-state index in [1.54, 1.807) is 23.9 Å². The summed E-state index contributed by atoms with van der Waals surface area (Å²) in [4.78, 5) is 22.6. The van der Waals surface area contributed by atoms with Crippen molar-refractivity contribution in [2.24, 2.45) is 0 Å². The molecular weight excluding hydrogens is 250 g/mol. The number of thioether (sulfide) groups is 1. The van der Waals surface area contributed by atoms with Gasteiger partial charge in [0.2, 0.25) is 0 Å². The first-order chi connectivity index (χ1) is 8.56. The molecule has 1 rings (SSSR count). The van der Waals surface area contributed by atoms with Gasteiger partial charge < -0.3 is 0 Å². The molecule has 1 aromatic carbocycles. The Morgan fingerprint density at radius 3 is 2.67 bits per heavy atom. The number of hydrogen-bond acceptors (Lipinski definition) is 4. The van der Waals surface area contributed by atoms with E-state index in [0.29, 0.717) is 0 Å². The molecule has 5 heteroatoms. The fourth-order valence-electron chi connectivity index (χ4n) is 1.59. The van der Waals surface area contributed by atoms with Crippen LogP contribution in [-0.4, -0.2) is 16.5 Å². The zero-order valence-corrected chi connectivity index (χ0v) is 11.5. The summed E-state index contributed by atoms with van der Waals surface area (Å²) in [6.07, 6.45) is 3.46. The Labute approximate surface area is 111 Å². The monoisotopic (exact) mass is 267 g/mol. The summed E-state index contributed by atoms with van der Waals surface area (Å²) in [5, 5.41) is 10.8. The molecule has 0 unspecified atom stereocenters. The third-order valence-electron chi connectivity index (χ3n) is 2.56. The van der Waals surface area contributed by atoms with E-state index in [1.165, 1.54) is 25.8 Å². The van der Waals surface area contributed by atoms with Crippen molar-refractivity contribution in [1.29, 1.82) is 0 Å². The lowest BCUT2D eigenvalue weighted by Gasteiger charge is -2.04. The highest BCUT2D eigenvalue weighted by Crippen LogP contribution is 2.27. The minimum atomic E-state index is -0.512. The molecule has 0 saturated heterocycles. The van der Waals surface area contributed by atoms with E-state index in [4.69, 9.17) is 0 Å². The van der Waals surface area contributed by atoms with Gasteiger partial charge in [0, 0.05) is 11.0 Å². The van der Waals surface area contributed by atoms with Crippen molar-refractivity contribution in [1.82, 2.24) is 0 Å². The lowest BCUT2D eigenvalue weighted by atomic mass is 10.1. The largest absolute Gasteiger partial charge is 0.294 e. The van der Waals surface area contributed by atoms with Crippen LogP contribution in [0.5, 0.6) is 0 Å². The highest BCUT2D eigenvalue weighted by atomic mass is 32.2. The van der Waals surface area contributed by atoms with Crippen LogP contribution in [0.25, 0.3) is 0 Å². The van der Waals surface area contributed by atoms with Crippen LogP contribution in [0.15, 0.2) is 23.1 Å². The minimum Gasteiger partial charge on any atom is -0.294 e. The van der Waals surface area contributed by atoms with Crippen molar-refractivity contribution in [3.8, 4) is 0 Å². The molecule has 0 aliphatic heterocycles. The van der Waals surface area contributed by atoms with Crippen LogP contribution < -0.4 is 0 Å². The molecule has 98 valence electrons. The second kappa shape index (κ2) is 7.16. The van der Waals surface area contributed by atoms with Gasteiger partial charge in [-0.15, -0.1) is 11.8 Å². The minimum absolute atomic E-state index is 0.111. The molecule has 1 aromatic rings. The molecule has 0 saturated carbocycles. The van der Waals surface area contributed by atoms with Crippen LogP contribution in [0.2, 0.25) is 0 Å². The maximum Gasteiger partial charge on any atom is 0.280 e. The third kappa shape index (κ3) is 4.14. The highest BCUT2D eigenvalue weighted by Gasteiger charge is 2.17. The van der Waals surface area contributed by atoms with Crippen LogP contribution in [0.1, 0.15) is 43.5 Å². The van der Waals surface area contributed by atoms with E-state index in [2.05, 4.69) is 6.92 Å². The van der Waals surface area contributed by atoms with Crippen molar-refractivity contribution in [3.63, 3.8) is 0 Å². The zero-order valence-electron chi connectivity index (χ0n) is 10.6. The molecule has 0 amide bonds. The standard InChI is InChI=1S/C13H17NO3S/c1-3-4-5-8-18-11-6-7-13(14(16)17)12(9-11)10(2)15/h6-7,9H,3-5,8H2,1-2H3. The molecule has 0 bridgehead atoms. The van der Waals surface area contributed by atoms with Crippen LogP contribution in [0, 0.1) is 10.1 Å². The van der Waals surface area contributed by atoms with Crippen molar-refractivity contribution in [2.75, 3.05) is 5.75 Å². The average molecular weight is 267 g/mol. The average Bonchev–Trinajstić information content (AvgIpc) is 2.34. The number of nitrogens with zero attached hydrogens (tertiary/aromatic N) is 1. The fourth-order valence-corrected chi connectivity index (χ4v) is 2.54. The van der Waals surface area contributed by atoms with Crippen LogP contribution in [-0.2, 0) is 0 Å². The van der Waals surface area contributed by atoms with Gasteiger partial charge in [0.1, 0.15) is 0 Å². The van der Waals surface area contributed by atoms with Gasteiger partial charge in [-0.1, -0.05) is 19.8 Å². The number of nitro benzene ring substituents is 1. The summed E-state index contributed by atoms with van der Waals surface area (Å²) in [5.41, 5.74) is 0.0842. The summed E-state index contributed by atoms with van der Waals surface area (Å²) in [6.45, 7) is 3.50. The number of ketones is 1. The topological polar surface area (TPSA) is 60.2 Å². The molecule has 0 aliphatic rings. The summed E-state index contributed by atoms with van der Waals surface area (Å²) in [7, 11) is 0. The van der Waals surface area contributed by atoms with E-state index in [9.17, 15) is 14.9 Å². The summed E-state index contributed by atoms with van der Waals surface area (Å²) in [5.74, 6) is 0.709. The van der Waals surface area contributed by atoms with Gasteiger partial charge in [-0.3, -0.25) is 14.9 Å². The SMILES string of the molecule is CCCCCSc1ccc([N+](=O)[O-])c(C(C)=O)c1. The predicted molar refractivity (Wildman–Crippen MR) is 73.3 cm³/mol. The van der Waals surface area contributed by atoms with Crippen molar-refractivity contribution >= 4 is 23.2 Å². The van der Waals surface area contributed by atoms with Gasteiger partial charge >= 0.3 is 0 Å². The van der Waals surface area contributed by atoms with E-state index < -0.39 is 4.92 Å². The molecule has 4 nitrogen and oxygen atoms in total. The number of carbonyl (C=O) groups is 1. The molecule has 0 heterocycles. The molecule has 0 aromatic heterocycles. The Hall–Kier alpha value is -1.36. The van der Waals surface area contributed by atoms with Gasteiger partial charge in [0.25, 0.3) is 5.69 Å². The van der Waals surface area contributed by atoms with E-state index in [1.807, 2.05) is 0 Å². The second-order valence-electron chi connectivity index (χ2n) is 4.05.